The van der Waals surface area contributed by atoms with E-state index in [-0.39, 0.29) is 0 Å². The first-order valence-electron chi connectivity index (χ1n) is 4.88. The maximum Gasteiger partial charge on any atom is 0.123 e. The topological polar surface area (TPSA) is 33.1 Å². The van der Waals surface area contributed by atoms with Gasteiger partial charge in [-0.25, -0.2) is 4.98 Å². The summed E-state index contributed by atoms with van der Waals surface area (Å²) in [4.78, 5) is 4.15. The lowest BCUT2D eigenvalue weighted by atomic mass is 10.1. The van der Waals surface area contributed by atoms with Crippen LogP contribution in [0.1, 0.15) is 17.4 Å². The summed E-state index contributed by atoms with van der Waals surface area (Å²) in [6.07, 6.45) is -0.609. The van der Waals surface area contributed by atoms with Crippen LogP contribution in [0, 0.1) is 0 Å². The van der Waals surface area contributed by atoms with Gasteiger partial charge in [0, 0.05) is 15.6 Å². The number of hydrogen-bond acceptors (Lipinski definition) is 4. The molecule has 0 saturated carbocycles. The van der Waals surface area contributed by atoms with E-state index in [4.69, 9.17) is 0 Å². The quantitative estimate of drug-likeness (QED) is 0.752. The van der Waals surface area contributed by atoms with Gasteiger partial charge >= 0.3 is 0 Å². The van der Waals surface area contributed by atoms with Crippen LogP contribution in [0.2, 0.25) is 0 Å². The molecule has 3 aromatic rings. The van der Waals surface area contributed by atoms with Crippen molar-refractivity contribution in [2.24, 2.45) is 0 Å². The minimum absolute atomic E-state index is 0.609. The van der Waals surface area contributed by atoms with E-state index in [9.17, 15) is 5.11 Å². The molecule has 1 N–H and O–H groups in total. The van der Waals surface area contributed by atoms with Gasteiger partial charge in [-0.05, 0) is 16.8 Å². The SMILES string of the molecule is OC(c1cscn1)c1csc2ccccc12. The number of nitrogens with zero attached hydrogens (tertiary/aromatic N) is 1. The number of hydrogen-bond donors (Lipinski definition) is 1. The van der Waals surface area contributed by atoms with Crippen LogP contribution in [-0.4, -0.2) is 10.1 Å². The van der Waals surface area contributed by atoms with E-state index < -0.39 is 6.10 Å². The minimum Gasteiger partial charge on any atom is -0.382 e. The third-order valence-corrected chi connectivity index (χ3v) is 4.12. The van der Waals surface area contributed by atoms with Gasteiger partial charge in [-0.15, -0.1) is 22.7 Å². The fourth-order valence-electron chi connectivity index (χ4n) is 1.73. The van der Waals surface area contributed by atoms with Crippen LogP contribution in [0.4, 0.5) is 0 Å². The summed E-state index contributed by atoms with van der Waals surface area (Å²) in [6.45, 7) is 0. The van der Waals surface area contributed by atoms with E-state index in [1.54, 1.807) is 16.8 Å². The normalized spacial score (nSPS) is 13.1. The first kappa shape index (κ1) is 9.96. The summed E-state index contributed by atoms with van der Waals surface area (Å²) in [5.41, 5.74) is 3.42. The molecule has 0 saturated heterocycles. The average Bonchev–Trinajstić information content (AvgIpc) is 2.98. The standard InChI is InChI=1S/C12H9NOS2/c14-12(10-6-15-7-13-10)9-5-16-11-4-2-1-3-8(9)11/h1-7,12,14H. The molecule has 0 aliphatic rings. The summed E-state index contributed by atoms with van der Waals surface area (Å²) < 4.78 is 1.20. The van der Waals surface area contributed by atoms with Crippen LogP contribution >= 0.6 is 22.7 Å². The Morgan fingerprint density at radius 3 is 2.88 bits per heavy atom. The van der Waals surface area contributed by atoms with Crippen LogP contribution < -0.4 is 0 Å². The molecule has 1 unspecified atom stereocenters. The first-order valence-corrected chi connectivity index (χ1v) is 6.71. The molecule has 0 amide bonds. The molecule has 0 fully saturated rings. The van der Waals surface area contributed by atoms with E-state index in [0.29, 0.717) is 0 Å². The Bertz CT molecular complexity index is 600. The summed E-state index contributed by atoms with van der Waals surface area (Å²) in [5, 5.41) is 15.2. The lowest BCUT2D eigenvalue weighted by molar-refractivity contribution is 0.218. The van der Waals surface area contributed by atoms with Crippen molar-refractivity contribution in [2.45, 2.75) is 6.10 Å². The molecule has 0 bridgehead atoms. The van der Waals surface area contributed by atoms with E-state index in [1.807, 2.05) is 29.0 Å². The number of aromatic nitrogens is 1. The summed E-state index contributed by atoms with van der Waals surface area (Å²) in [6, 6.07) is 8.11. The third-order valence-electron chi connectivity index (χ3n) is 2.54. The molecule has 80 valence electrons. The molecule has 2 aromatic heterocycles. The monoisotopic (exact) mass is 247 g/mol. The zero-order chi connectivity index (χ0) is 11.0. The fraction of sp³-hybridized carbons (Fsp3) is 0.0833. The van der Waals surface area contributed by atoms with E-state index in [2.05, 4.69) is 11.1 Å². The van der Waals surface area contributed by atoms with Crippen LogP contribution in [0.15, 0.2) is 40.5 Å². The second kappa shape index (κ2) is 3.97. The van der Waals surface area contributed by atoms with Gasteiger partial charge in [-0.3, -0.25) is 0 Å². The highest BCUT2D eigenvalue weighted by Gasteiger charge is 2.16. The van der Waals surface area contributed by atoms with Gasteiger partial charge in [0.15, 0.2) is 0 Å². The molecular formula is C12H9NOS2. The van der Waals surface area contributed by atoms with E-state index in [1.165, 1.54) is 16.0 Å². The van der Waals surface area contributed by atoms with Crippen molar-refractivity contribution in [3.05, 3.63) is 51.8 Å². The smallest absolute Gasteiger partial charge is 0.123 e. The lowest BCUT2D eigenvalue weighted by Crippen LogP contribution is -1.98. The molecule has 3 rings (SSSR count). The number of thiazole rings is 1. The van der Waals surface area contributed by atoms with Gasteiger partial charge in [-0.1, -0.05) is 18.2 Å². The Morgan fingerprint density at radius 1 is 1.19 bits per heavy atom. The third kappa shape index (κ3) is 1.55. The molecule has 0 aliphatic heterocycles. The molecule has 2 heterocycles. The predicted octanol–water partition coefficient (Wildman–Crippen LogP) is 3.44. The summed E-state index contributed by atoms with van der Waals surface area (Å²) in [7, 11) is 0. The zero-order valence-corrected chi connectivity index (χ0v) is 9.96. The van der Waals surface area contributed by atoms with Crippen molar-refractivity contribution in [2.75, 3.05) is 0 Å². The number of rotatable bonds is 2. The van der Waals surface area contributed by atoms with E-state index >= 15 is 0 Å². The maximum atomic E-state index is 10.2. The second-order valence-electron chi connectivity index (χ2n) is 3.50. The van der Waals surface area contributed by atoms with Crippen molar-refractivity contribution in [1.29, 1.82) is 0 Å². The fourth-order valence-corrected chi connectivity index (χ4v) is 3.28. The number of thiophene rings is 1. The molecule has 1 aromatic carbocycles. The molecule has 0 spiro atoms. The van der Waals surface area contributed by atoms with Gasteiger partial charge in [0.05, 0.1) is 11.2 Å². The highest BCUT2D eigenvalue weighted by atomic mass is 32.1. The highest BCUT2D eigenvalue weighted by Crippen LogP contribution is 2.33. The number of aliphatic hydroxyl groups excluding tert-OH is 1. The Kier molecular flexibility index (Phi) is 2.47. The Morgan fingerprint density at radius 2 is 2.06 bits per heavy atom. The van der Waals surface area contributed by atoms with Crippen molar-refractivity contribution in [3.8, 4) is 0 Å². The lowest BCUT2D eigenvalue weighted by Gasteiger charge is -2.06. The number of benzene rings is 1. The Hall–Kier alpha value is -1.23. The maximum absolute atomic E-state index is 10.2. The molecule has 0 radical (unpaired) electrons. The second-order valence-corrected chi connectivity index (χ2v) is 5.13. The first-order chi connectivity index (χ1) is 7.86. The largest absolute Gasteiger partial charge is 0.382 e. The molecule has 4 heteroatoms. The number of fused-ring (bicyclic) bond motifs is 1. The molecule has 1 atom stereocenters. The van der Waals surface area contributed by atoms with Crippen LogP contribution in [-0.2, 0) is 0 Å². The highest BCUT2D eigenvalue weighted by molar-refractivity contribution is 7.17. The Labute approximate surface area is 101 Å². The van der Waals surface area contributed by atoms with E-state index in [0.717, 1.165) is 16.6 Å². The van der Waals surface area contributed by atoms with Crippen LogP contribution in [0.25, 0.3) is 10.1 Å². The van der Waals surface area contributed by atoms with Gasteiger partial charge < -0.3 is 5.11 Å². The van der Waals surface area contributed by atoms with Gasteiger partial charge in [0.1, 0.15) is 6.10 Å². The predicted molar refractivity (Wildman–Crippen MR) is 68.0 cm³/mol. The Balaban J connectivity index is 2.12. The summed E-state index contributed by atoms with van der Waals surface area (Å²) in [5.74, 6) is 0. The van der Waals surface area contributed by atoms with Gasteiger partial charge in [0.25, 0.3) is 0 Å². The van der Waals surface area contributed by atoms with Gasteiger partial charge in [-0.2, -0.15) is 0 Å². The van der Waals surface area contributed by atoms with Crippen molar-refractivity contribution in [1.82, 2.24) is 4.98 Å². The molecule has 2 nitrogen and oxygen atoms in total. The van der Waals surface area contributed by atoms with Crippen molar-refractivity contribution < 1.29 is 5.11 Å². The van der Waals surface area contributed by atoms with Crippen LogP contribution in [0.3, 0.4) is 0 Å². The molecule has 0 aliphatic carbocycles. The summed E-state index contributed by atoms with van der Waals surface area (Å²) >= 11 is 3.16. The molecular weight excluding hydrogens is 238 g/mol. The van der Waals surface area contributed by atoms with Crippen LogP contribution in [0.5, 0.6) is 0 Å². The number of aliphatic hydroxyl groups is 1. The minimum atomic E-state index is -0.609. The molecule has 16 heavy (non-hydrogen) atoms. The van der Waals surface area contributed by atoms with Crippen molar-refractivity contribution >= 4 is 32.8 Å². The van der Waals surface area contributed by atoms with Gasteiger partial charge in [0.2, 0.25) is 0 Å². The van der Waals surface area contributed by atoms with Crippen molar-refractivity contribution in [3.63, 3.8) is 0 Å². The zero-order valence-electron chi connectivity index (χ0n) is 8.33. The average molecular weight is 247 g/mol.